The maximum absolute atomic E-state index is 12.5. The number of aliphatic hydroxyl groups excluding tert-OH is 1. The Morgan fingerprint density at radius 3 is 2.89 bits per heavy atom. The average molecular weight is 264 g/mol. The van der Waals surface area contributed by atoms with Crippen molar-refractivity contribution >= 4 is 11.6 Å². The van der Waals surface area contributed by atoms with Crippen molar-refractivity contribution < 1.29 is 14.6 Å². The molecule has 1 aliphatic rings. The van der Waals surface area contributed by atoms with Crippen molar-refractivity contribution in [2.45, 2.75) is 20.0 Å². The second-order valence-corrected chi connectivity index (χ2v) is 4.95. The maximum Gasteiger partial charge on any atom is 0.254 e. The second kappa shape index (κ2) is 5.59. The van der Waals surface area contributed by atoms with Crippen molar-refractivity contribution in [3.63, 3.8) is 0 Å². The van der Waals surface area contributed by atoms with Crippen LogP contribution in [0, 0.1) is 13.8 Å². The number of amides is 1. The number of aryl methyl sites for hydroxylation is 2. The Balaban J connectivity index is 2.22. The molecule has 0 radical (unpaired) electrons. The number of aliphatic hydroxyl groups is 1. The minimum Gasteiger partial charge on any atom is -0.398 e. The van der Waals surface area contributed by atoms with Crippen LogP contribution < -0.4 is 5.73 Å². The Morgan fingerprint density at radius 1 is 1.47 bits per heavy atom. The van der Waals surface area contributed by atoms with E-state index in [1.54, 1.807) is 11.0 Å². The molecule has 1 fully saturated rings. The van der Waals surface area contributed by atoms with E-state index in [2.05, 4.69) is 0 Å². The summed E-state index contributed by atoms with van der Waals surface area (Å²) < 4.78 is 5.35. The number of hydrogen-bond acceptors (Lipinski definition) is 4. The molecule has 1 aromatic carbocycles. The Bertz CT molecular complexity index is 488. The van der Waals surface area contributed by atoms with Crippen molar-refractivity contribution in [2.24, 2.45) is 0 Å². The van der Waals surface area contributed by atoms with Crippen LogP contribution >= 0.6 is 0 Å². The van der Waals surface area contributed by atoms with Crippen molar-refractivity contribution in [3.05, 3.63) is 28.8 Å². The molecule has 1 unspecified atom stereocenters. The lowest BCUT2D eigenvalue weighted by Gasteiger charge is -2.32. The van der Waals surface area contributed by atoms with E-state index in [1.165, 1.54) is 0 Å². The molecule has 0 aromatic heterocycles. The molecular weight excluding hydrogens is 244 g/mol. The summed E-state index contributed by atoms with van der Waals surface area (Å²) in [6.45, 7) is 5.18. The number of rotatable bonds is 2. The molecule has 1 atom stereocenters. The fourth-order valence-corrected chi connectivity index (χ4v) is 2.28. The molecule has 5 heteroatoms. The van der Waals surface area contributed by atoms with Crippen molar-refractivity contribution in [1.82, 2.24) is 4.90 Å². The minimum absolute atomic E-state index is 0.0500. The molecule has 1 amide bonds. The molecule has 0 saturated carbocycles. The highest BCUT2D eigenvalue weighted by Gasteiger charge is 2.25. The number of ether oxygens (including phenoxy) is 1. The molecule has 0 spiro atoms. The topological polar surface area (TPSA) is 75.8 Å². The zero-order valence-electron chi connectivity index (χ0n) is 11.3. The molecule has 0 aliphatic carbocycles. The van der Waals surface area contributed by atoms with Gasteiger partial charge in [0.2, 0.25) is 0 Å². The average Bonchev–Trinajstić information content (AvgIpc) is 2.42. The van der Waals surface area contributed by atoms with Crippen LogP contribution in [0.15, 0.2) is 12.1 Å². The fraction of sp³-hybridized carbons (Fsp3) is 0.500. The summed E-state index contributed by atoms with van der Waals surface area (Å²) in [5.41, 5.74) is 9.02. The lowest BCUT2D eigenvalue weighted by molar-refractivity contribution is -0.0447. The fourth-order valence-electron chi connectivity index (χ4n) is 2.28. The monoisotopic (exact) mass is 264 g/mol. The van der Waals surface area contributed by atoms with Crippen molar-refractivity contribution in [1.29, 1.82) is 0 Å². The molecule has 1 heterocycles. The molecule has 1 aromatic rings. The zero-order chi connectivity index (χ0) is 14.0. The summed E-state index contributed by atoms with van der Waals surface area (Å²) in [5.74, 6) is -0.0500. The van der Waals surface area contributed by atoms with Crippen LogP contribution in [0.3, 0.4) is 0 Å². The normalized spacial score (nSPS) is 19.5. The number of carbonyl (C=O) groups excluding carboxylic acids is 1. The SMILES string of the molecule is Cc1cc(C)c(C(=O)N2CCOC(CO)C2)cc1N. The van der Waals surface area contributed by atoms with Gasteiger partial charge in [-0.25, -0.2) is 0 Å². The minimum atomic E-state index is -0.291. The van der Waals surface area contributed by atoms with Crippen LogP contribution in [-0.4, -0.2) is 48.3 Å². The smallest absolute Gasteiger partial charge is 0.254 e. The van der Waals surface area contributed by atoms with Gasteiger partial charge in [-0.3, -0.25) is 4.79 Å². The molecule has 104 valence electrons. The predicted octanol–water partition coefficient (Wildman–Crippen LogP) is 0.719. The van der Waals surface area contributed by atoms with Crippen LogP contribution in [0.4, 0.5) is 5.69 Å². The van der Waals surface area contributed by atoms with Gasteiger partial charge >= 0.3 is 0 Å². The summed E-state index contributed by atoms with van der Waals surface area (Å²) in [6.07, 6.45) is -0.291. The van der Waals surface area contributed by atoms with Crippen LogP contribution in [0.2, 0.25) is 0 Å². The van der Waals surface area contributed by atoms with E-state index >= 15 is 0 Å². The van der Waals surface area contributed by atoms with Gasteiger partial charge in [0.25, 0.3) is 5.91 Å². The number of nitrogens with zero attached hydrogens (tertiary/aromatic N) is 1. The molecule has 1 aliphatic heterocycles. The first kappa shape index (κ1) is 13.8. The summed E-state index contributed by atoms with van der Waals surface area (Å²) in [7, 11) is 0. The molecule has 5 nitrogen and oxygen atoms in total. The number of morpholine rings is 1. The Morgan fingerprint density at radius 2 is 2.21 bits per heavy atom. The molecule has 2 rings (SSSR count). The van der Waals surface area contributed by atoms with Gasteiger partial charge < -0.3 is 20.5 Å². The Kier molecular flexibility index (Phi) is 4.07. The first-order chi connectivity index (χ1) is 9.02. The first-order valence-corrected chi connectivity index (χ1v) is 6.41. The lowest BCUT2D eigenvalue weighted by Crippen LogP contribution is -2.47. The van der Waals surface area contributed by atoms with Crippen LogP contribution in [-0.2, 0) is 4.74 Å². The largest absolute Gasteiger partial charge is 0.398 e. The number of hydrogen-bond donors (Lipinski definition) is 2. The lowest BCUT2D eigenvalue weighted by atomic mass is 10.0. The third-order valence-corrected chi connectivity index (χ3v) is 3.47. The first-order valence-electron chi connectivity index (χ1n) is 6.41. The highest BCUT2D eigenvalue weighted by atomic mass is 16.5. The number of anilines is 1. The van der Waals surface area contributed by atoms with Gasteiger partial charge in [-0.15, -0.1) is 0 Å². The van der Waals surface area contributed by atoms with E-state index in [9.17, 15) is 4.79 Å². The third kappa shape index (κ3) is 2.88. The predicted molar refractivity (Wildman–Crippen MR) is 73.1 cm³/mol. The van der Waals surface area contributed by atoms with Crippen LogP contribution in [0.25, 0.3) is 0 Å². The van der Waals surface area contributed by atoms with Gasteiger partial charge in [0.05, 0.1) is 19.3 Å². The summed E-state index contributed by atoms with van der Waals surface area (Å²) in [5, 5.41) is 9.11. The van der Waals surface area contributed by atoms with E-state index in [0.29, 0.717) is 30.9 Å². The van der Waals surface area contributed by atoms with Crippen molar-refractivity contribution in [2.75, 3.05) is 32.0 Å². The van der Waals surface area contributed by atoms with E-state index in [0.717, 1.165) is 11.1 Å². The molecular formula is C14H20N2O3. The second-order valence-electron chi connectivity index (χ2n) is 4.95. The molecule has 1 saturated heterocycles. The standard InChI is InChI=1S/C14H20N2O3/c1-9-5-10(2)13(15)6-12(9)14(18)16-3-4-19-11(7-16)8-17/h5-6,11,17H,3-4,7-8,15H2,1-2H3. The third-order valence-electron chi connectivity index (χ3n) is 3.47. The zero-order valence-corrected chi connectivity index (χ0v) is 11.3. The number of nitrogens with two attached hydrogens (primary N) is 1. The molecule has 3 N–H and O–H groups in total. The van der Waals surface area contributed by atoms with E-state index < -0.39 is 0 Å². The van der Waals surface area contributed by atoms with E-state index in [4.69, 9.17) is 15.6 Å². The van der Waals surface area contributed by atoms with E-state index in [-0.39, 0.29) is 18.6 Å². The van der Waals surface area contributed by atoms with Gasteiger partial charge in [0.15, 0.2) is 0 Å². The van der Waals surface area contributed by atoms with Crippen LogP contribution in [0.5, 0.6) is 0 Å². The van der Waals surface area contributed by atoms with Gasteiger partial charge in [0.1, 0.15) is 0 Å². The quantitative estimate of drug-likeness (QED) is 0.772. The summed E-state index contributed by atoms with van der Waals surface area (Å²) in [4.78, 5) is 14.2. The van der Waals surface area contributed by atoms with Crippen LogP contribution in [0.1, 0.15) is 21.5 Å². The molecule has 0 bridgehead atoms. The van der Waals surface area contributed by atoms with Gasteiger partial charge in [0, 0.05) is 24.3 Å². The summed E-state index contributed by atoms with van der Waals surface area (Å²) in [6, 6.07) is 3.66. The highest BCUT2D eigenvalue weighted by molar-refractivity contribution is 5.96. The number of nitrogen functional groups attached to an aromatic ring is 1. The van der Waals surface area contributed by atoms with Gasteiger partial charge in [-0.1, -0.05) is 6.07 Å². The highest BCUT2D eigenvalue weighted by Crippen LogP contribution is 2.20. The number of benzene rings is 1. The van der Waals surface area contributed by atoms with Crippen molar-refractivity contribution in [3.8, 4) is 0 Å². The van der Waals surface area contributed by atoms with Gasteiger partial charge in [-0.05, 0) is 31.0 Å². The molecule has 19 heavy (non-hydrogen) atoms. The summed E-state index contributed by atoms with van der Waals surface area (Å²) >= 11 is 0. The Labute approximate surface area is 113 Å². The van der Waals surface area contributed by atoms with E-state index in [1.807, 2.05) is 19.9 Å². The number of carbonyl (C=O) groups is 1. The maximum atomic E-state index is 12.5. The van der Waals surface area contributed by atoms with Gasteiger partial charge in [-0.2, -0.15) is 0 Å². The Hall–Kier alpha value is -1.59.